The molecule has 1 aromatic heterocycles. The molecule has 0 spiro atoms. The highest BCUT2D eigenvalue weighted by Gasteiger charge is 2.32. The van der Waals surface area contributed by atoms with Gasteiger partial charge in [0.05, 0.1) is 6.61 Å². The third-order valence-electron chi connectivity index (χ3n) is 6.41. The Hall–Kier alpha value is -4.22. The number of aliphatic carboxylic acids is 1. The second-order valence-electron chi connectivity index (χ2n) is 9.73. The number of rotatable bonds is 13. The largest absolute Gasteiger partial charge is 0.480 e. The maximum atomic E-state index is 13.5. The Labute approximate surface area is 226 Å². The van der Waals surface area contributed by atoms with E-state index in [1.165, 1.54) is 0 Å². The number of hydrogen-bond acceptors (Lipinski definition) is 6. The second kappa shape index (κ2) is 13.5. The van der Waals surface area contributed by atoms with Gasteiger partial charge in [-0.2, -0.15) is 0 Å². The number of nitrogens with one attached hydrogen (secondary N) is 4. The molecule has 4 unspecified atom stereocenters. The van der Waals surface area contributed by atoms with Gasteiger partial charge in [0.2, 0.25) is 17.7 Å². The fraction of sp³-hybridized carbons (Fsp3) is 0.357. The molecule has 0 bridgehead atoms. The van der Waals surface area contributed by atoms with Crippen molar-refractivity contribution < 1.29 is 29.4 Å². The Kier molecular flexibility index (Phi) is 10.2. The highest BCUT2D eigenvalue weighted by molar-refractivity contribution is 5.95. The van der Waals surface area contributed by atoms with E-state index in [1.54, 1.807) is 44.3 Å². The molecular weight excluding hydrogens is 502 g/mol. The van der Waals surface area contributed by atoms with Crippen LogP contribution >= 0.6 is 0 Å². The molecular formula is C28H35N5O6. The number of nitrogens with two attached hydrogens (primary N) is 1. The van der Waals surface area contributed by atoms with E-state index in [9.17, 15) is 29.4 Å². The predicted molar refractivity (Wildman–Crippen MR) is 145 cm³/mol. The minimum atomic E-state index is -1.23. The quantitative estimate of drug-likeness (QED) is 0.165. The lowest BCUT2D eigenvalue weighted by Crippen LogP contribution is -2.59. The normalized spacial score (nSPS) is 14.3. The van der Waals surface area contributed by atoms with Crippen molar-refractivity contribution in [3.63, 3.8) is 0 Å². The van der Waals surface area contributed by atoms with Crippen molar-refractivity contribution in [1.29, 1.82) is 0 Å². The van der Waals surface area contributed by atoms with Gasteiger partial charge in [-0.1, -0.05) is 62.4 Å². The number of carboxylic acids is 1. The number of aliphatic hydroxyl groups excluding tert-OH is 1. The van der Waals surface area contributed by atoms with Gasteiger partial charge in [-0.05, 0) is 23.1 Å². The lowest BCUT2D eigenvalue weighted by molar-refractivity contribution is -0.142. The topological polar surface area (TPSA) is 187 Å². The molecule has 39 heavy (non-hydrogen) atoms. The molecule has 208 valence electrons. The number of fused-ring (bicyclic) bond motifs is 1. The Bertz CT molecular complexity index is 1290. The number of carbonyl (C=O) groups excluding carboxylic acids is 3. The number of hydrogen-bond donors (Lipinski definition) is 7. The molecule has 0 aliphatic heterocycles. The first-order valence-corrected chi connectivity index (χ1v) is 12.7. The number of para-hydroxylation sites is 1. The van der Waals surface area contributed by atoms with Crippen molar-refractivity contribution in [3.8, 4) is 0 Å². The monoisotopic (exact) mass is 537 g/mol. The summed E-state index contributed by atoms with van der Waals surface area (Å²) in [5.74, 6) is -3.62. The van der Waals surface area contributed by atoms with E-state index in [1.807, 2.05) is 30.3 Å². The highest BCUT2D eigenvalue weighted by Crippen LogP contribution is 2.19. The van der Waals surface area contributed by atoms with Crippen LogP contribution in [-0.4, -0.2) is 69.7 Å². The lowest BCUT2D eigenvalue weighted by Gasteiger charge is -2.27. The smallest absolute Gasteiger partial charge is 0.326 e. The Balaban J connectivity index is 1.86. The second-order valence-corrected chi connectivity index (χ2v) is 9.73. The number of carboxylic acid groups (broad SMARTS) is 1. The van der Waals surface area contributed by atoms with Crippen LogP contribution in [0.1, 0.15) is 25.0 Å². The van der Waals surface area contributed by atoms with E-state index >= 15 is 0 Å². The van der Waals surface area contributed by atoms with Crippen LogP contribution in [0.5, 0.6) is 0 Å². The molecule has 3 amide bonds. The van der Waals surface area contributed by atoms with E-state index in [-0.39, 0.29) is 18.8 Å². The SMILES string of the molecule is CC(C)C(NC(=O)C(N)CO)C(=O)NC(Cc1c[nH]c2ccccc12)C(=O)NC(Cc1ccccc1)C(=O)O. The van der Waals surface area contributed by atoms with Gasteiger partial charge in [-0.15, -0.1) is 0 Å². The predicted octanol–water partition coefficient (Wildman–Crippen LogP) is 0.468. The van der Waals surface area contributed by atoms with Crippen molar-refractivity contribution >= 4 is 34.6 Å². The molecule has 8 N–H and O–H groups in total. The third kappa shape index (κ3) is 7.88. The van der Waals surface area contributed by atoms with E-state index in [2.05, 4.69) is 20.9 Å². The summed E-state index contributed by atoms with van der Waals surface area (Å²) < 4.78 is 0. The van der Waals surface area contributed by atoms with E-state index in [0.717, 1.165) is 22.0 Å². The molecule has 0 fully saturated rings. The van der Waals surface area contributed by atoms with E-state index in [4.69, 9.17) is 5.73 Å². The molecule has 0 saturated heterocycles. The first kappa shape index (κ1) is 29.3. The molecule has 11 heteroatoms. The fourth-order valence-electron chi connectivity index (χ4n) is 4.19. The Morgan fingerprint density at radius 3 is 2.13 bits per heavy atom. The molecule has 11 nitrogen and oxygen atoms in total. The zero-order valence-electron chi connectivity index (χ0n) is 21.9. The van der Waals surface area contributed by atoms with Gasteiger partial charge in [-0.3, -0.25) is 14.4 Å². The number of benzene rings is 2. The van der Waals surface area contributed by atoms with E-state index in [0.29, 0.717) is 0 Å². The summed E-state index contributed by atoms with van der Waals surface area (Å²) in [6.07, 6.45) is 1.85. The van der Waals surface area contributed by atoms with Gasteiger partial charge < -0.3 is 36.9 Å². The van der Waals surface area contributed by atoms with Crippen LogP contribution in [0.2, 0.25) is 0 Å². The summed E-state index contributed by atoms with van der Waals surface area (Å²) in [4.78, 5) is 54.2. The van der Waals surface area contributed by atoms with Crippen molar-refractivity contribution in [2.24, 2.45) is 11.7 Å². The van der Waals surface area contributed by atoms with Crippen molar-refractivity contribution in [2.75, 3.05) is 6.61 Å². The van der Waals surface area contributed by atoms with Crippen LogP contribution in [-0.2, 0) is 32.0 Å². The molecule has 0 saturated carbocycles. The summed E-state index contributed by atoms with van der Waals surface area (Å²) in [7, 11) is 0. The van der Waals surface area contributed by atoms with Gasteiger partial charge in [0.15, 0.2) is 0 Å². The zero-order valence-corrected chi connectivity index (χ0v) is 21.9. The first-order chi connectivity index (χ1) is 18.6. The van der Waals surface area contributed by atoms with Gasteiger partial charge in [0.1, 0.15) is 24.2 Å². The molecule has 3 rings (SSSR count). The van der Waals surface area contributed by atoms with Gasteiger partial charge in [0, 0.05) is 29.9 Å². The molecule has 0 aliphatic carbocycles. The number of carbonyl (C=O) groups is 4. The van der Waals surface area contributed by atoms with Gasteiger partial charge in [0.25, 0.3) is 0 Å². The van der Waals surface area contributed by atoms with Gasteiger partial charge >= 0.3 is 5.97 Å². The number of aliphatic hydroxyl groups is 1. The molecule has 1 heterocycles. The minimum Gasteiger partial charge on any atom is -0.480 e. The zero-order chi connectivity index (χ0) is 28.5. The highest BCUT2D eigenvalue weighted by atomic mass is 16.4. The number of aromatic nitrogens is 1. The van der Waals surface area contributed by atoms with Crippen molar-refractivity contribution in [3.05, 3.63) is 71.9 Å². The van der Waals surface area contributed by atoms with Crippen LogP contribution in [0.15, 0.2) is 60.8 Å². The van der Waals surface area contributed by atoms with Crippen molar-refractivity contribution in [1.82, 2.24) is 20.9 Å². The minimum absolute atomic E-state index is 0.0550. The Morgan fingerprint density at radius 2 is 1.49 bits per heavy atom. The first-order valence-electron chi connectivity index (χ1n) is 12.7. The molecule has 0 radical (unpaired) electrons. The van der Waals surface area contributed by atoms with Crippen LogP contribution in [0.4, 0.5) is 0 Å². The van der Waals surface area contributed by atoms with E-state index < -0.39 is 54.5 Å². The molecule has 4 atom stereocenters. The van der Waals surface area contributed by atoms with Crippen molar-refractivity contribution in [2.45, 2.75) is 50.9 Å². The molecule has 3 aromatic rings. The summed E-state index contributed by atoms with van der Waals surface area (Å²) in [5, 5.41) is 27.6. The number of amides is 3. The maximum Gasteiger partial charge on any atom is 0.326 e. The summed E-state index contributed by atoms with van der Waals surface area (Å²) >= 11 is 0. The molecule has 0 aliphatic rings. The van der Waals surface area contributed by atoms with Crippen LogP contribution < -0.4 is 21.7 Å². The van der Waals surface area contributed by atoms with Gasteiger partial charge in [-0.25, -0.2) is 4.79 Å². The standard InChI is InChI=1S/C28H35N5O6/c1-16(2)24(33-25(35)20(29)15-34)27(37)31-22(13-18-14-30-21-11-7-6-10-19(18)21)26(36)32-23(28(38)39)12-17-8-4-3-5-9-17/h3-11,14,16,20,22-24,30,34H,12-13,15,29H2,1-2H3,(H,31,37)(H,32,36)(H,33,35)(H,38,39). The van der Waals surface area contributed by atoms with Crippen LogP contribution in [0.3, 0.4) is 0 Å². The third-order valence-corrected chi connectivity index (χ3v) is 6.41. The number of H-pyrrole nitrogens is 1. The summed E-state index contributed by atoms with van der Waals surface area (Å²) in [6, 6.07) is 11.7. The maximum absolute atomic E-state index is 13.5. The average Bonchev–Trinajstić information content (AvgIpc) is 3.33. The van der Waals surface area contributed by atoms with Crippen LogP contribution in [0.25, 0.3) is 10.9 Å². The lowest BCUT2D eigenvalue weighted by atomic mass is 9.99. The summed E-state index contributed by atoms with van der Waals surface area (Å²) in [6.45, 7) is 2.83. The summed E-state index contributed by atoms with van der Waals surface area (Å²) in [5.41, 5.74) is 7.90. The Morgan fingerprint density at radius 1 is 0.846 bits per heavy atom. The molecule has 2 aromatic carbocycles. The number of aromatic amines is 1. The van der Waals surface area contributed by atoms with Crippen LogP contribution in [0, 0.1) is 5.92 Å². The fourth-order valence-corrected chi connectivity index (χ4v) is 4.19. The average molecular weight is 538 g/mol.